The summed E-state index contributed by atoms with van der Waals surface area (Å²) in [5.41, 5.74) is 6.06. The van der Waals surface area contributed by atoms with Crippen LogP contribution in [0.2, 0.25) is 0 Å². The molecule has 0 aromatic heterocycles. The predicted molar refractivity (Wildman–Crippen MR) is 90.9 cm³/mol. The van der Waals surface area contributed by atoms with Crippen molar-refractivity contribution in [1.82, 2.24) is 4.90 Å². The standard InChI is InChI=1S/C14H25N3O3.HI/c15-13(17-6-2-1-3-7-17)16-10-12-11-19-14(20-12)4-8-18-9-5-14;/h12H,1-11H2,(H2,15,16);1H. The molecule has 0 aromatic rings. The molecular weight excluding hydrogens is 385 g/mol. The van der Waals surface area contributed by atoms with E-state index in [0.717, 1.165) is 25.9 Å². The molecule has 1 unspecified atom stereocenters. The van der Waals surface area contributed by atoms with Crippen LogP contribution in [0, 0.1) is 0 Å². The van der Waals surface area contributed by atoms with Crippen LogP contribution in [0.15, 0.2) is 4.99 Å². The lowest BCUT2D eigenvalue weighted by atomic mass is 10.1. The Kier molecular flexibility index (Phi) is 6.51. The van der Waals surface area contributed by atoms with Crippen LogP contribution in [0.5, 0.6) is 0 Å². The highest BCUT2D eigenvalue weighted by Gasteiger charge is 2.42. The van der Waals surface area contributed by atoms with Gasteiger partial charge in [-0.25, -0.2) is 0 Å². The molecule has 0 radical (unpaired) electrons. The van der Waals surface area contributed by atoms with Gasteiger partial charge in [-0.3, -0.25) is 4.99 Å². The van der Waals surface area contributed by atoms with E-state index in [0.29, 0.717) is 32.3 Å². The number of aliphatic imine (C=N–C) groups is 1. The van der Waals surface area contributed by atoms with Gasteiger partial charge >= 0.3 is 0 Å². The van der Waals surface area contributed by atoms with Crippen molar-refractivity contribution in [2.24, 2.45) is 10.7 Å². The maximum absolute atomic E-state index is 6.06. The summed E-state index contributed by atoms with van der Waals surface area (Å²) in [6.45, 7) is 4.68. The largest absolute Gasteiger partial charge is 0.381 e. The van der Waals surface area contributed by atoms with E-state index in [1.54, 1.807) is 0 Å². The van der Waals surface area contributed by atoms with E-state index in [9.17, 15) is 0 Å². The first kappa shape index (κ1) is 17.2. The number of rotatable bonds is 2. The molecule has 6 nitrogen and oxygen atoms in total. The maximum atomic E-state index is 6.06. The molecule has 0 aromatic carbocycles. The number of halogens is 1. The summed E-state index contributed by atoms with van der Waals surface area (Å²) in [5, 5.41) is 0. The third-order valence-corrected chi connectivity index (χ3v) is 4.31. The molecule has 0 aliphatic carbocycles. The number of nitrogens with zero attached hydrogens (tertiary/aromatic N) is 2. The van der Waals surface area contributed by atoms with Crippen LogP contribution in [0.3, 0.4) is 0 Å². The van der Waals surface area contributed by atoms with Crippen LogP contribution in [-0.2, 0) is 14.2 Å². The summed E-state index contributed by atoms with van der Waals surface area (Å²) in [4.78, 5) is 6.66. The molecule has 0 amide bonds. The van der Waals surface area contributed by atoms with E-state index in [1.165, 1.54) is 19.3 Å². The molecular formula is C14H26IN3O3. The first-order chi connectivity index (χ1) is 9.77. The molecule has 3 aliphatic heterocycles. The molecule has 1 atom stereocenters. The van der Waals surface area contributed by atoms with Gasteiger partial charge < -0.3 is 24.8 Å². The Morgan fingerprint density at radius 1 is 1.19 bits per heavy atom. The van der Waals surface area contributed by atoms with E-state index in [1.807, 2.05) is 0 Å². The third-order valence-electron chi connectivity index (χ3n) is 4.31. The first-order valence-electron chi connectivity index (χ1n) is 7.72. The molecule has 7 heteroatoms. The molecule has 3 aliphatic rings. The lowest BCUT2D eigenvalue weighted by Gasteiger charge is -2.31. The molecule has 2 N–H and O–H groups in total. The van der Waals surface area contributed by atoms with Crippen molar-refractivity contribution >= 4 is 29.9 Å². The average Bonchev–Trinajstić information content (AvgIpc) is 2.89. The van der Waals surface area contributed by atoms with Crippen molar-refractivity contribution in [2.45, 2.75) is 44.0 Å². The molecule has 3 heterocycles. The first-order valence-corrected chi connectivity index (χ1v) is 7.72. The number of guanidine groups is 1. The summed E-state index contributed by atoms with van der Waals surface area (Å²) >= 11 is 0. The van der Waals surface area contributed by atoms with E-state index in [2.05, 4.69) is 9.89 Å². The highest BCUT2D eigenvalue weighted by molar-refractivity contribution is 14.0. The fraction of sp³-hybridized carbons (Fsp3) is 0.929. The van der Waals surface area contributed by atoms with Crippen LogP contribution in [0.1, 0.15) is 32.1 Å². The van der Waals surface area contributed by atoms with Crippen LogP contribution >= 0.6 is 24.0 Å². The van der Waals surface area contributed by atoms with Gasteiger partial charge in [0.15, 0.2) is 11.7 Å². The summed E-state index contributed by atoms with van der Waals surface area (Å²) in [7, 11) is 0. The zero-order valence-electron chi connectivity index (χ0n) is 12.5. The number of nitrogens with two attached hydrogens (primary N) is 1. The fourth-order valence-electron chi connectivity index (χ4n) is 3.07. The predicted octanol–water partition coefficient (Wildman–Crippen LogP) is 1.33. The quantitative estimate of drug-likeness (QED) is 0.422. The van der Waals surface area contributed by atoms with E-state index in [-0.39, 0.29) is 30.1 Å². The SMILES string of the molecule is I.NC(=NCC1COC2(CCOCC2)O1)N1CCCCC1. The van der Waals surface area contributed by atoms with Gasteiger partial charge in [-0.15, -0.1) is 24.0 Å². The van der Waals surface area contributed by atoms with Gasteiger partial charge in [0.05, 0.1) is 26.4 Å². The van der Waals surface area contributed by atoms with E-state index < -0.39 is 5.79 Å². The van der Waals surface area contributed by atoms with Crippen LogP contribution in [-0.4, -0.2) is 62.2 Å². The summed E-state index contributed by atoms with van der Waals surface area (Å²) in [6.07, 6.45) is 5.37. The Labute approximate surface area is 143 Å². The second kappa shape index (κ2) is 7.94. The zero-order valence-corrected chi connectivity index (χ0v) is 14.8. The van der Waals surface area contributed by atoms with Crippen LogP contribution in [0.25, 0.3) is 0 Å². The molecule has 3 fully saturated rings. The fourth-order valence-corrected chi connectivity index (χ4v) is 3.07. The van der Waals surface area contributed by atoms with E-state index in [4.69, 9.17) is 19.9 Å². The smallest absolute Gasteiger partial charge is 0.191 e. The summed E-state index contributed by atoms with van der Waals surface area (Å²) in [6, 6.07) is 0. The van der Waals surface area contributed by atoms with Gasteiger partial charge in [0.25, 0.3) is 0 Å². The van der Waals surface area contributed by atoms with Gasteiger partial charge in [-0.1, -0.05) is 0 Å². The molecule has 122 valence electrons. The van der Waals surface area contributed by atoms with Crippen molar-refractivity contribution in [3.63, 3.8) is 0 Å². The monoisotopic (exact) mass is 411 g/mol. The molecule has 0 saturated carbocycles. The van der Waals surface area contributed by atoms with Gasteiger partial charge in [-0.05, 0) is 19.3 Å². The topological polar surface area (TPSA) is 69.3 Å². The Morgan fingerprint density at radius 2 is 1.90 bits per heavy atom. The van der Waals surface area contributed by atoms with Crippen molar-refractivity contribution in [3.05, 3.63) is 0 Å². The Morgan fingerprint density at radius 3 is 2.62 bits per heavy atom. The number of ether oxygens (including phenoxy) is 3. The summed E-state index contributed by atoms with van der Waals surface area (Å²) < 4.78 is 17.2. The Hall–Kier alpha value is -0.120. The van der Waals surface area contributed by atoms with Crippen LogP contribution in [0.4, 0.5) is 0 Å². The number of hydrogen-bond donors (Lipinski definition) is 1. The average molecular weight is 411 g/mol. The lowest BCUT2D eigenvalue weighted by Crippen LogP contribution is -2.41. The third kappa shape index (κ3) is 4.43. The Bertz CT molecular complexity index is 355. The van der Waals surface area contributed by atoms with Crippen molar-refractivity contribution < 1.29 is 14.2 Å². The summed E-state index contributed by atoms with van der Waals surface area (Å²) in [5.74, 6) is 0.236. The minimum Gasteiger partial charge on any atom is -0.381 e. The highest BCUT2D eigenvalue weighted by Crippen LogP contribution is 2.33. The van der Waals surface area contributed by atoms with Crippen LogP contribution < -0.4 is 5.73 Å². The lowest BCUT2D eigenvalue weighted by molar-refractivity contribution is -0.210. The molecule has 21 heavy (non-hydrogen) atoms. The minimum absolute atomic E-state index is 0. The number of piperidine rings is 1. The van der Waals surface area contributed by atoms with E-state index >= 15 is 0 Å². The second-order valence-corrected chi connectivity index (χ2v) is 5.82. The normalized spacial score (nSPS) is 29.4. The van der Waals surface area contributed by atoms with Crippen molar-refractivity contribution in [2.75, 3.05) is 39.5 Å². The van der Waals surface area contributed by atoms with Crippen molar-refractivity contribution in [3.8, 4) is 0 Å². The van der Waals surface area contributed by atoms with Crippen molar-refractivity contribution in [1.29, 1.82) is 0 Å². The second-order valence-electron chi connectivity index (χ2n) is 5.82. The molecule has 3 rings (SSSR count). The molecule has 1 spiro atoms. The number of likely N-dealkylation sites (tertiary alicyclic amines) is 1. The van der Waals surface area contributed by atoms with Gasteiger partial charge in [0.2, 0.25) is 0 Å². The van der Waals surface area contributed by atoms with Gasteiger partial charge in [-0.2, -0.15) is 0 Å². The number of hydrogen-bond acceptors (Lipinski definition) is 4. The van der Waals surface area contributed by atoms with Gasteiger partial charge in [0, 0.05) is 25.9 Å². The Balaban J connectivity index is 0.00000161. The maximum Gasteiger partial charge on any atom is 0.191 e. The molecule has 3 saturated heterocycles. The van der Waals surface area contributed by atoms with Gasteiger partial charge in [0.1, 0.15) is 6.10 Å². The highest BCUT2D eigenvalue weighted by atomic mass is 127. The zero-order chi connectivity index (χ0) is 13.8. The molecule has 0 bridgehead atoms. The minimum atomic E-state index is -0.418.